The Hall–Kier alpha value is -3.26. The molecule has 1 heterocycles. The van der Waals surface area contributed by atoms with E-state index in [0.717, 1.165) is 22.3 Å². The van der Waals surface area contributed by atoms with Gasteiger partial charge in [-0.2, -0.15) is 0 Å². The molecule has 0 aliphatic heterocycles. The summed E-state index contributed by atoms with van der Waals surface area (Å²) >= 11 is 0. The van der Waals surface area contributed by atoms with Gasteiger partial charge in [0.2, 0.25) is 0 Å². The Kier molecular flexibility index (Phi) is 3.26. The standard InChI is InChI=1S/C24H18N2/c1-15-8-10-18-19-11-9-16(2)13-21(19)24-23(20(18)12-15)25-14-22(26-24)17-6-4-3-5-7-17/h3-14H,1-2H3. The topological polar surface area (TPSA) is 25.8 Å². The third-order valence-electron chi connectivity index (χ3n) is 4.99. The summed E-state index contributed by atoms with van der Waals surface area (Å²) in [7, 11) is 0. The Balaban J connectivity index is 1.98. The molecule has 0 aliphatic rings. The molecule has 26 heavy (non-hydrogen) atoms. The van der Waals surface area contributed by atoms with Crippen LogP contribution in [0.2, 0.25) is 0 Å². The number of hydrogen-bond donors (Lipinski definition) is 0. The van der Waals surface area contributed by atoms with Crippen molar-refractivity contribution in [1.29, 1.82) is 0 Å². The van der Waals surface area contributed by atoms with E-state index in [9.17, 15) is 0 Å². The third kappa shape index (κ3) is 2.26. The second-order valence-corrected chi connectivity index (χ2v) is 6.92. The zero-order valence-corrected chi connectivity index (χ0v) is 14.8. The second-order valence-electron chi connectivity index (χ2n) is 6.92. The highest BCUT2D eigenvalue weighted by atomic mass is 14.8. The van der Waals surface area contributed by atoms with Gasteiger partial charge in [0, 0.05) is 16.3 Å². The molecule has 0 fully saturated rings. The maximum absolute atomic E-state index is 5.03. The maximum atomic E-state index is 5.03. The molecule has 0 atom stereocenters. The number of fused-ring (bicyclic) bond motifs is 6. The van der Waals surface area contributed by atoms with E-state index in [2.05, 4.69) is 62.4 Å². The predicted molar refractivity (Wildman–Crippen MR) is 109 cm³/mol. The molecule has 0 saturated carbocycles. The Bertz CT molecular complexity index is 1290. The molecule has 5 aromatic rings. The molecule has 0 spiro atoms. The van der Waals surface area contributed by atoms with E-state index in [4.69, 9.17) is 9.97 Å². The van der Waals surface area contributed by atoms with Crippen LogP contribution in [0.1, 0.15) is 11.1 Å². The summed E-state index contributed by atoms with van der Waals surface area (Å²) in [5, 5.41) is 4.81. The molecule has 5 rings (SSSR count). The monoisotopic (exact) mass is 334 g/mol. The van der Waals surface area contributed by atoms with Gasteiger partial charge in [0.05, 0.1) is 22.9 Å². The van der Waals surface area contributed by atoms with Gasteiger partial charge >= 0.3 is 0 Å². The fraction of sp³-hybridized carbons (Fsp3) is 0.0833. The van der Waals surface area contributed by atoms with Crippen LogP contribution in [0.15, 0.2) is 72.9 Å². The number of aryl methyl sites for hydroxylation is 2. The van der Waals surface area contributed by atoms with Gasteiger partial charge in [-0.05, 0) is 36.8 Å². The number of nitrogens with zero attached hydrogens (tertiary/aromatic N) is 2. The molecule has 0 N–H and O–H groups in total. The van der Waals surface area contributed by atoms with Crippen molar-refractivity contribution in [2.24, 2.45) is 0 Å². The first-order valence-electron chi connectivity index (χ1n) is 8.85. The summed E-state index contributed by atoms with van der Waals surface area (Å²) < 4.78 is 0. The van der Waals surface area contributed by atoms with Crippen LogP contribution in [-0.2, 0) is 0 Å². The van der Waals surface area contributed by atoms with Gasteiger partial charge in [0.15, 0.2) is 0 Å². The van der Waals surface area contributed by atoms with Crippen LogP contribution < -0.4 is 0 Å². The molecule has 124 valence electrons. The number of hydrogen-bond acceptors (Lipinski definition) is 2. The molecule has 4 aromatic carbocycles. The van der Waals surface area contributed by atoms with Crippen LogP contribution in [0.25, 0.3) is 43.8 Å². The van der Waals surface area contributed by atoms with Crippen LogP contribution in [0.5, 0.6) is 0 Å². The molecule has 0 aliphatic carbocycles. The van der Waals surface area contributed by atoms with Crippen molar-refractivity contribution in [3.63, 3.8) is 0 Å². The summed E-state index contributed by atoms with van der Waals surface area (Å²) in [5.41, 5.74) is 6.42. The summed E-state index contributed by atoms with van der Waals surface area (Å²) in [6.45, 7) is 4.25. The average Bonchev–Trinajstić information content (AvgIpc) is 2.68. The predicted octanol–water partition coefficient (Wildman–Crippen LogP) is 6.22. The number of benzene rings is 4. The van der Waals surface area contributed by atoms with Crippen molar-refractivity contribution >= 4 is 32.6 Å². The van der Waals surface area contributed by atoms with E-state index in [-0.39, 0.29) is 0 Å². The van der Waals surface area contributed by atoms with E-state index in [1.807, 2.05) is 24.4 Å². The van der Waals surface area contributed by atoms with Crippen LogP contribution in [0.4, 0.5) is 0 Å². The highest BCUT2D eigenvalue weighted by Gasteiger charge is 2.12. The molecule has 2 nitrogen and oxygen atoms in total. The zero-order valence-electron chi connectivity index (χ0n) is 14.8. The van der Waals surface area contributed by atoms with Gasteiger partial charge in [-0.1, -0.05) is 65.7 Å². The van der Waals surface area contributed by atoms with Crippen molar-refractivity contribution in [2.75, 3.05) is 0 Å². The third-order valence-corrected chi connectivity index (χ3v) is 4.99. The molecule has 1 aromatic heterocycles. The normalized spacial score (nSPS) is 11.5. The largest absolute Gasteiger partial charge is 0.252 e. The summed E-state index contributed by atoms with van der Waals surface area (Å²) in [4.78, 5) is 9.88. The second kappa shape index (κ2) is 5.63. The van der Waals surface area contributed by atoms with Gasteiger partial charge in [-0.25, -0.2) is 4.98 Å². The van der Waals surface area contributed by atoms with Gasteiger partial charge in [-0.15, -0.1) is 0 Å². The van der Waals surface area contributed by atoms with Gasteiger partial charge in [-0.3, -0.25) is 4.98 Å². The van der Waals surface area contributed by atoms with E-state index >= 15 is 0 Å². The van der Waals surface area contributed by atoms with E-state index in [1.54, 1.807) is 0 Å². The van der Waals surface area contributed by atoms with Crippen molar-refractivity contribution in [2.45, 2.75) is 13.8 Å². The Morgan fingerprint density at radius 1 is 0.615 bits per heavy atom. The molecule has 0 amide bonds. The lowest BCUT2D eigenvalue weighted by Crippen LogP contribution is -1.93. The minimum atomic E-state index is 0.910. The van der Waals surface area contributed by atoms with E-state index in [0.29, 0.717) is 0 Å². The molecule has 0 saturated heterocycles. The molecule has 2 heteroatoms. The lowest BCUT2D eigenvalue weighted by molar-refractivity contribution is 1.31. The fourth-order valence-corrected chi connectivity index (χ4v) is 3.70. The first-order valence-corrected chi connectivity index (χ1v) is 8.85. The smallest absolute Gasteiger partial charge is 0.0979 e. The van der Waals surface area contributed by atoms with Crippen molar-refractivity contribution < 1.29 is 0 Å². The highest BCUT2D eigenvalue weighted by molar-refractivity contribution is 6.23. The first-order chi connectivity index (χ1) is 12.7. The number of rotatable bonds is 1. The van der Waals surface area contributed by atoms with Gasteiger partial charge < -0.3 is 0 Å². The van der Waals surface area contributed by atoms with E-state index in [1.165, 1.54) is 32.7 Å². The SMILES string of the molecule is Cc1ccc2c3ccc(C)cc3c3nc(-c4ccccc4)cnc3c2c1. The summed E-state index contributed by atoms with van der Waals surface area (Å²) in [5.74, 6) is 0. The van der Waals surface area contributed by atoms with E-state index < -0.39 is 0 Å². The molecule has 0 radical (unpaired) electrons. The van der Waals surface area contributed by atoms with Crippen LogP contribution in [0, 0.1) is 13.8 Å². The van der Waals surface area contributed by atoms with Crippen molar-refractivity contribution in [3.8, 4) is 11.3 Å². The van der Waals surface area contributed by atoms with Crippen molar-refractivity contribution in [1.82, 2.24) is 9.97 Å². The van der Waals surface area contributed by atoms with Crippen molar-refractivity contribution in [3.05, 3.63) is 84.1 Å². The molecular formula is C24H18N2. The lowest BCUT2D eigenvalue weighted by atomic mass is 9.97. The zero-order chi connectivity index (χ0) is 17.7. The quantitative estimate of drug-likeness (QED) is 0.340. The Morgan fingerprint density at radius 2 is 1.23 bits per heavy atom. The minimum Gasteiger partial charge on any atom is -0.252 e. The fourth-order valence-electron chi connectivity index (χ4n) is 3.70. The molecule has 0 bridgehead atoms. The van der Waals surface area contributed by atoms with Crippen LogP contribution in [-0.4, -0.2) is 9.97 Å². The lowest BCUT2D eigenvalue weighted by Gasteiger charge is -2.11. The molecular weight excluding hydrogens is 316 g/mol. The summed E-state index contributed by atoms with van der Waals surface area (Å²) in [6.07, 6.45) is 1.89. The summed E-state index contributed by atoms with van der Waals surface area (Å²) in [6, 6.07) is 23.4. The van der Waals surface area contributed by atoms with Gasteiger partial charge in [0.1, 0.15) is 0 Å². The first kappa shape index (κ1) is 15.0. The molecule has 0 unspecified atom stereocenters. The maximum Gasteiger partial charge on any atom is 0.0979 e. The van der Waals surface area contributed by atoms with Gasteiger partial charge in [0.25, 0.3) is 0 Å². The average molecular weight is 334 g/mol. The Labute approximate surface area is 152 Å². The van der Waals surface area contributed by atoms with Crippen LogP contribution in [0.3, 0.4) is 0 Å². The minimum absolute atomic E-state index is 0.910. The highest BCUT2D eigenvalue weighted by Crippen LogP contribution is 2.35. The number of aromatic nitrogens is 2. The Morgan fingerprint density at radius 3 is 1.88 bits per heavy atom. The van der Waals surface area contributed by atoms with Crippen LogP contribution >= 0.6 is 0 Å².